The number of hydrogen-bond acceptors (Lipinski definition) is 7. The quantitative estimate of drug-likeness (QED) is 0.323. The second kappa shape index (κ2) is 10.9. The Bertz CT molecular complexity index is 1460. The number of nitrogens with zero attached hydrogens (tertiary/aromatic N) is 1. The molecule has 0 unspecified atom stereocenters. The molecule has 3 aromatic carbocycles. The van der Waals surface area contributed by atoms with Crippen molar-refractivity contribution in [3.05, 3.63) is 82.9 Å². The molecule has 1 aliphatic rings. The highest BCUT2D eigenvalue weighted by molar-refractivity contribution is 6.39. The third kappa shape index (κ3) is 5.65. The highest BCUT2D eigenvalue weighted by atomic mass is 16.5. The number of hydrogen-bond donors (Lipinski definition) is 3. The van der Waals surface area contributed by atoms with Crippen molar-refractivity contribution in [3.63, 3.8) is 0 Å². The number of phenols is 1. The molecule has 1 aliphatic heterocycles. The molecule has 1 fully saturated rings. The van der Waals surface area contributed by atoms with Crippen LogP contribution in [0.4, 0.5) is 16.2 Å². The molecular formula is C28H25N3O7. The van der Waals surface area contributed by atoms with E-state index in [0.717, 1.165) is 16.0 Å². The van der Waals surface area contributed by atoms with Gasteiger partial charge in [-0.15, -0.1) is 0 Å². The lowest BCUT2D eigenvalue weighted by atomic mass is 10.1. The van der Waals surface area contributed by atoms with Crippen LogP contribution in [0.1, 0.15) is 16.7 Å². The van der Waals surface area contributed by atoms with E-state index in [1.807, 2.05) is 32.0 Å². The van der Waals surface area contributed by atoms with Crippen molar-refractivity contribution in [1.29, 1.82) is 0 Å². The third-order valence-corrected chi connectivity index (χ3v) is 5.86. The van der Waals surface area contributed by atoms with E-state index < -0.39 is 17.8 Å². The highest BCUT2D eigenvalue weighted by Gasteiger charge is 2.36. The monoisotopic (exact) mass is 515 g/mol. The Morgan fingerprint density at radius 1 is 0.974 bits per heavy atom. The molecule has 0 aliphatic carbocycles. The maximum Gasteiger partial charge on any atom is 0.335 e. The maximum atomic E-state index is 13.0. The lowest BCUT2D eigenvalue weighted by Gasteiger charge is -2.26. The zero-order valence-electron chi connectivity index (χ0n) is 20.9. The van der Waals surface area contributed by atoms with Gasteiger partial charge < -0.3 is 19.9 Å². The molecule has 194 valence electrons. The minimum atomic E-state index is -0.900. The normalized spacial score (nSPS) is 14.3. The first-order chi connectivity index (χ1) is 18.2. The van der Waals surface area contributed by atoms with Crippen LogP contribution in [-0.4, -0.2) is 42.6 Å². The van der Waals surface area contributed by atoms with E-state index in [2.05, 4.69) is 10.6 Å². The number of benzene rings is 3. The standard InChI is InChI=1S/C28H25N3O7/c1-16-4-6-19(12-17(16)2)29-25(33)15-38-23-11-5-18(14-24(23)37-3)13-22-26(34)30-28(36)31(27(22)35)20-7-9-21(32)10-8-20/h4-14,32H,15H2,1-3H3,(H,29,33)(H,30,34,36)/b22-13-. The number of aromatic hydroxyl groups is 1. The predicted octanol–water partition coefficient (Wildman–Crippen LogP) is 3.70. The Morgan fingerprint density at radius 3 is 2.39 bits per heavy atom. The van der Waals surface area contributed by atoms with Crippen LogP contribution in [-0.2, 0) is 14.4 Å². The van der Waals surface area contributed by atoms with Crippen molar-refractivity contribution in [2.24, 2.45) is 0 Å². The van der Waals surface area contributed by atoms with Crippen molar-refractivity contribution in [2.45, 2.75) is 13.8 Å². The molecule has 10 heteroatoms. The number of nitrogens with one attached hydrogen (secondary N) is 2. The molecule has 4 rings (SSSR count). The Hall–Kier alpha value is -5.12. The van der Waals surface area contributed by atoms with Crippen molar-refractivity contribution < 1.29 is 33.8 Å². The van der Waals surface area contributed by atoms with E-state index in [9.17, 15) is 24.3 Å². The second-order valence-corrected chi connectivity index (χ2v) is 8.52. The number of phenolic OH excluding ortho intramolecular Hbond substituents is 1. The summed E-state index contributed by atoms with van der Waals surface area (Å²) in [6.45, 7) is 3.67. The average Bonchev–Trinajstić information content (AvgIpc) is 2.88. The van der Waals surface area contributed by atoms with Gasteiger partial charge in [0.1, 0.15) is 11.3 Å². The molecule has 0 radical (unpaired) electrons. The first-order valence-corrected chi connectivity index (χ1v) is 11.5. The average molecular weight is 516 g/mol. The number of anilines is 2. The van der Waals surface area contributed by atoms with E-state index >= 15 is 0 Å². The summed E-state index contributed by atoms with van der Waals surface area (Å²) >= 11 is 0. The Kier molecular flexibility index (Phi) is 7.43. The van der Waals surface area contributed by atoms with E-state index in [1.165, 1.54) is 43.5 Å². The molecule has 38 heavy (non-hydrogen) atoms. The van der Waals surface area contributed by atoms with Gasteiger partial charge >= 0.3 is 6.03 Å². The van der Waals surface area contributed by atoms with Crippen molar-refractivity contribution in [3.8, 4) is 17.2 Å². The van der Waals surface area contributed by atoms with Gasteiger partial charge in [-0.3, -0.25) is 19.7 Å². The predicted molar refractivity (Wildman–Crippen MR) is 140 cm³/mol. The molecule has 3 aromatic rings. The summed E-state index contributed by atoms with van der Waals surface area (Å²) in [4.78, 5) is 51.0. The van der Waals surface area contributed by atoms with Gasteiger partial charge in [0, 0.05) is 5.69 Å². The Balaban J connectivity index is 1.50. The zero-order valence-corrected chi connectivity index (χ0v) is 20.9. The minimum absolute atomic E-state index is 0.0393. The van der Waals surface area contributed by atoms with Gasteiger partial charge in [-0.2, -0.15) is 0 Å². The number of rotatable bonds is 7. The molecular weight excluding hydrogens is 490 g/mol. The number of amides is 5. The molecule has 1 heterocycles. The van der Waals surface area contributed by atoms with Gasteiger partial charge in [-0.25, -0.2) is 9.69 Å². The van der Waals surface area contributed by atoms with Gasteiger partial charge in [-0.1, -0.05) is 12.1 Å². The second-order valence-electron chi connectivity index (χ2n) is 8.52. The molecule has 3 N–H and O–H groups in total. The van der Waals surface area contributed by atoms with Crippen LogP contribution < -0.4 is 25.0 Å². The number of ether oxygens (including phenoxy) is 2. The molecule has 0 saturated carbocycles. The first kappa shape index (κ1) is 26.0. The van der Waals surface area contributed by atoms with Crippen molar-refractivity contribution in [1.82, 2.24) is 5.32 Å². The smallest absolute Gasteiger partial charge is 0.335 e. The number of barbiturate groups is 1. The summed E-state index contributed by atoms with van der Waals surface area (Å²) < 4.78 is 11.0. The fourth-order valence-electron chi connectivity index (χ4n) is 3.71. The van der Waals surface area contributed by atoms with Crippen LogP contribution in [0, 0.1) is 13.8 Å². The highest BCUT2D eigenvalue weighted by Crippen LogP contribution is 2.30. The van der Waals surface area contributed by atoms with E-state index in [-0.39, 0.29) is 41.0 Å². The fourth-order valence-corrected chi connectivity index (χ4v) is 3.71. The lowest BCUT2D eigenvalue weighted by Crippen LogP contribution is -2.54. The number of imide groups is 2. The number of methoxy groups -OCH3 is 1. The van der Waals surface area contributed by atoms with Crippen LogP contribution >= 0.6 is 0 Å². The molecule has 0 spiro atoms. The number of carbonyl (C=O) groups is 4. The molecule has 5 amide bonds. The molecule has 0 atom stereocenters. The van der Waals surface area contributed by atoms with Gasteiger partial charge in [0.2, 0.25) is 0 Å². The SMILES string of the molecule is COc1cc(/C=C2/C(=O)NC(=O)N(c3ccc(O)cc3)C2=O)ccc1OCC(=O)Nc1ccc(C)c(C)c1. The molecule has 0 bridgehead atoms. The fraction of sp³-hybridized carbons (Fsp3) is 0.143. The largest absolute Gasteiger partial charge is 0.508 e. The third-order valence-electron chi connectivity index (χ3n) is 5.86. The molecule has 0 aromatic heterocycles. The summed E-state index contributed by atoms with van der Waals surface area (Å²) in [7, 11) is 1.41. The van der Waals surface area contributed by atoms with Gasteiger partial charge in [0.15, 0.2) is 18.1 Å². The van der Waals surface area contributed by atoms with Gasteiger partial charge in [0.25, 0.3) is 17.7 Å². The summed E-state index contributed by atoms with van der Waals surface area (Å²) in [5.74, 6) is -1.52. The lowest BCUT2D eigenvalue weighted by molar-refractivity contribution is -0.122. The minimum Gasteiger partial charge on any atom is -0.508 e. The van der Waals surface area contributed by atoms with Crippen molar-refractivity contribution in [2.75, 3.05) is 23.9 Å². The van der Waals surface area contributed by atoms with Crippen LogP contribution in [0.25, 0.3) is 6.08 Å². The van der Waals surface area contributed by atoms with Crippen molar-refractivity contribution >= 4 is 41.2 Å². The van der Waals surface area contributed by atoms with Crippen LogP contribution in [0.3, 0.4) is 0 Å². The number of carbonyl (C=O) groups excluding carboxylic acids is 4. The van der Waals surface area contributed by atoms with Gasteiger partial charge in [-0.05, 0) is 85.1 Å². The van der Waals surface area contributed by atoms with Crippen LogP contribution in [0.15, 0.2) is 66.2 Å². The van der Waals surface area contributed by atoms with Crippen LogP contribution in [0.2, 0.25) is 0 Å². The topological polar surface area (TPSA) is 134 Å². The number of aryl methyl sites for hydroxylation is 2. The molecule has 10 nitrogen and oxygen atoms in total. The maximum absolute atomic E-state index is 13.0. The Labute approximate surface area is 218 Å². The number of urea groups is 1. The first-order valence-electron chi connectivity index (χ1n) is 11.5. The summed E-state index contributed by atoms with van der Waals surface area (Å²) in [6, 6.07) is 14.8. The van der Waals surface area contributed by atoms with E-state index in [1.54, 1.807) is 12.1 Å². The van der Waals surface area contributed by atoms with E-state index in [4.69, 9.17) is 9.47 Å². The molecule has 1 saturated heterocycles. The summed E-state index contributed by atoms with van der Waals surface area (Å²) in [5, 5.41) is 14.4. The Morgan fingerprint density at radius 2 is 1.71 bits per heavy atom. The zero-order chi connectivity index (χ0) is 27.4. The van der Waals surface area contributed by atoms with E-state index in [0.29, 0.717) is 11.3 Å². The van der Waals surface area contributed by atoms with Crippen LogP contribution in [0.5, 0.6) is 17.2 Å². The van der Waals surface area contributed by atoms with Gasteiger partial charge in [0.05, 0.1) is 12.8 Å². The summed E-state index contributed by atoms with van der Waals surface area (Å²) in [6.07, 6.45) is 1.32. The summed E-state index contributed by atoms with van der Waals surface area (Å²) in [5.41, 5.74) is 3.16.